The van der Waals surface area contributed by atoms with E-state index < -0.39 is 0 Å². The van der Waals surface area contributed by atoms with Crippen molar-refractivity contribution in [1.29, 1.82) is 0 Å². The highest BCUT2D eigenvalue weighted by molar-refractivity contribution is 5.94. The molecule has 29 heavy (non-hydrogen) atoms. The Hall–Kier alpha value is -3.67. The number of carbonyl (C=O) groups excluding carboxylic acids is 1. The van der Waals surface area contributed by atoms with Crippen LogP contribution in [0, 0.1) is 0 Å². The van der Waals surface area contributed by atoms with Crippen molar-refractivity contribution in [2.24, 2.45) is 0 Å². The minimum Gasteiger partial charge on any atom is -0.350 e. The highest BCUT2D eigenvalue weighted by Crippen LogP contribution is 2.22. The molecule has 146 valence electrons. The molecule has 0 aliphatic rings. The van der Waals surface area contributed by atoms with E-state index in [1.54, 1.807) is 23.0 Å². The Bertz CT molecular complexity index is 1220. The van der Waals surface area contributed by atoms with E-state index in [0.717, 1.165) is 22.1 Å². The number of H-pyrrole nitrogens is 1. The summed E-state index contributed by atoms with van der Waals surface area (Å²) in [4.78, 5) is 25.2. The molecule has 6 heteroatoms. The third kappa shape index (κ3) is 3.96. The number of rotatable bonds is 5. The summed E-state index contributed by atoms with van der Waals surface area (Å²) in [5.74, 6) is -0.112. The van der Waals surface area contributed by atoms with E-state index in [0.29, 0.717) is 17.5 Å². The smallest absolute Gasteiger partial charge is 0.258 e. The lowest BCUT2D eigenvalue weighted by molar-refractivity contribution is 0.0943. The zero-order valence-corrected chi connectivity index (χ0v) is 16.3. The fraction of sp³-hybridized carbons (Fsp3) is 0.174. The molecule has 0 aliphatic heterocycles. The number of benzene rings is 2. The van der Waals surface area contributed by atoms with E-state index in [4.69, 9.17) is 0 Å². The summed E-state index contributed by atoms with van der Waals surface area (Å²) in [6.07, 6.45) is 5.38. The lowest BCUT2D eigenvalue weighted by atomic mass is 10.0. The Labute approximate surface area is 168 Å². The molecule has 2 aromatic heterocycles. The number of aromatic amines is 1. The van der Waals surface area contributed by atoms with E-state index in [1.165, 1.54) is 0 Å². The van der Waals surface area contributed by atoms with Crippen molar-refractivity contribution in [3.63, 3.8) is 0 Å². The number of carbonyl (C=O) groups is 1. The number of fused-ring (bicyclic) bond motifs is 1. The van der Waals surface area contributed by atoms with Crippen molar-refractivity contribution in [3.8, 4) is 11.1 Å². The lowest BCUT2D eigenvalue weighted by Crippen LogP contribution is -2.30. The molecule has 0 spiro atoms. The van der Waals surface area contributed by atoms with E-state index in [9.17, 15) is 9.59 Å². The van der Waals surface area contributed by atoms with Crippen molar-refractivity contribution in [1.82, 2.24) is 20.1 Å². The van der Waals surface area contributed by atoms with Crippen LogP contribution in [0.5, 0.6) is 0 Å². The topological polar surface area (TPSA) is 79.8 Å². The van der Waals surface area contributed by atoms with Crippen LogP contribution in [-0.4, -0.2) is 26.7 Å². The molecule has 2 N–H and O–H groups in total. The number of aromatic nitrogens is 3. The highest BCUT2D eigenvalue weighted by atomic mass is 16.1. The molecular formula is C23H22N4O2. The van der Waals surface area contributed by atoms with Crippen molar-refractivity contribution >= 4 is 16.7 Å². The molecule has 4 aromatic rings. The molecule has 0 atom stereocenters. The summed E-state index contributed by atoms with van der Waals surface area (Å²) in [6, 6.07) is 15.1. The summed E-state index contributed by atoms with van der Waals surface area (Å²) in [7, 11) is 0. The second-order valence-corrected chi connectivity index (χ2v) is 7.37. The maximum Gasteiger partial charge on any atom is 0.258 e. The molecule has 2 heterocycles. The maximum atomic E-state index is 13.0. The van der Waals surface area contributed by atoms with Crippen LogP contribution in [0.2, 0.25) is 0 Å². The van der Waals surface area contributed by atoms with Gasteiger partial charge in [-0.25, -0.2) is 0 Å². The average molecular weight is 386 g/mol. The van der Waals surface area contributed by atoms with E-state index >= 15 is 0 Å². The molecular weight excluding hydrogens is 364 g/mol. The largest absolute Gasteiger partial charge is 0.350 e. The fourth-order valence-electron chi connectivity index (χ4n) is 3.35. The minimum atomic E-state index is -0.112. The van der Waals surface area contributed by atoms with Gasteiger partial charge in [-0.2, -0.15) is 5.10 Å². The Kier molecular flexibility index (Phi) is 4.99. The molecule has 0 radical (unpaired) electrons. The SMILES string of the molecule is CC(C)NC(=O)c1cccc(Cn2ccc3cc(-c4cn[nH]c4)ccc3c2=O)c1. The minimum absolute atomic E-state index is 0.0571. The molecule has 0 bridgehead atoms. The van der Waals surface area contributed by atoms with Crippen molar-refractivity contribution in [3.05, 3.63) is 88.6 Å². The quantitative estimate of drug-likeness (QED) is 0.550. The zero-order chi connectivity index (χ0) is 20.4. The summed E-state index contributed by atoms with van der Waals surface area (Å²) >= 11 is 0. The fourth-order valence-corrected chi connectivity index (χ4v) is 3.35. The van der Waals surface area contributed by atoms with Crippen LogP contribution in [0.1, 0.15) is 29.8 Å². The van der Waals surface area contributed by atoms with Gasteiger partial charge in [-0.05, 0) is 60.7 Å². The summed E-state index contributed by atoms with van der Waals surface area (Å²) in [5.41, 5.74) is 3.42. The zero-order valence-electron chi connectivity index (χ0n) is 16.3. The van der Waals surface area contributed by atoms with Crippen LogP contribution in [0.4, 0.5) is 0 Å². The van der Waals surface area contributed by atoms with Crippen LogP contribution in [0.25, 0.3) is 21.9 Å². The molecule has 4 rings (SSSR count). The van der Waals surface area contributed by atoms with E-state index in [2.05, 4.69) is 15.5 Å². The van der Waals surface area contributed by atoms with Gasteiger partial charge in [0, 0.05) is 34.9 Å². The third-order valence-corrected chi connectivity index (χ3v) is 4.77. The molecule has 2 aromatic carbocycles. The van der Waals surface area contributed by atoms with Gasteiger partial charge < -0.3 is 9.88 Å². The predicted octanol–water partition coefficient (Wildman–Crippen LogP) is 3.58. The van der Waals surface area contributed by atoms with E-state index in [1.807, 2.05) is 62.5 Å². The Morgan fingerprint density at radius 3 is 2.76 bits per heavy atom. The predicted molar refractivity (Wildman–Crippen MR) is 114 cm³/mol. The first-order valence-electron chi connectivity index (χ1n) is 9.53. The molecule has 0 fully saturated rings. The number of nitrogens with one attached hydrogen (secondary N) is 2. The number of pyridine rings is 1. The number of hydrogen-bond donors (Lipinski definition) is 2. The van der Waals surface area contributed by atoms with Crippen LogP contribution < -0.4 is 10.9 Å². The van der Waals surface area contributed by atoms with Gasteiger partial charge in [-0.3, -0.25) is 14.7 Å². The van der Waals surface area contributed by atoms with Crippen LogP contribution in [0.3, 0.4) is 0 Å². The number of hydrogen-bond acceptors (Lipinski definition) is 3. The first-order valence-corrected chi connectivity index (χ1v) is 9.53. The highest BCUT2D eigenvalue weighted by Gasteiger charge is 2.09. The van der Waals surface area contributed by atoms with Crippen LogP contribution in [-0.2, 0) is 6.54 Å². The maximum absolute atomic E-state index is 13.0. The summed E-state index contributed by atoms with van der Waals surface area (Å²) < 4.78 is 1.67. The molecule has 6 nitrogen and oxygen atoms in total. The summed E-state index contributed by atoms with van der Waals surface area (Å²) in [5, 5.41) is 11.2. The van der Waals surface area contributed by atoms with Gasteiger partial charge in [0.05, 0.1) is 12.7 Å². The first-order chi connectivity index (χ1) is 14.0. The van der Waals surface area contributed by atoms with Crippen molar-refractivity contribution in [2.75, 3.05) is 0 Å². The van der Waals surface area contributed by atoms with Gasteiger partial charge in [-0.1, -0.05) is 18.2 Å². The molecule has 0 saturated carbocycles. The number of amides is 1. The molecule has 0 saturated heterocycles. The van der Waals surface area contributed by atoms with Crippen molar-refractivity contribution in [2.45, 2.75) is 26.4 Å². The molecule has 1 amide bonds. The normalized spacial score (nSPS) is 11.1. The van der Waals surface area contributed by atoms with Gasteiger partial charge in [0.1, 0.15) is 0 Å². The Morgan fingerprint density at radius 1 is 1.14 bits per heavy atom. The van der Waals surface area contributed by atoms with Gasteiger partial charge in [-0.15, -0.1) is 0 Å². The van der Waals surface area contributed by atoms with Gasteiger partial charge in [0.15, 0.2) is 0 Å². The second kappa shape index (κ2) is 7.75. The standard InChI is InChI=1S/C23H22N4O2/c1-15(2)26-22(28)19-5-3-4-16(10-19)14-27-9-8-18-11-17(20-12-24-25-13-20)6-7-21(18)23(27)29/h3-13,15H,14H2,1-2H3,(H,24,25)(H,26,28). The van der Waals surface area contributed by atoms with E-state index in [-0.39, 0.29) is 17.5 Å². The molecule has 0 aliphatic carbocycles. The average Bonchev–Trinajstić information content (AvgIpc) is 3.24. The Morgan fingerprint density at radius 2 is 2.00 bits per heavy atom. The lowest BCUT2D eigenvalue weighted by Gasteiger charge is -2.11. The van der Waals surface area contributed by atoms with Crippen LogP contribution >= 0.6 is 0 Å². The van der Waals surface area contributed by atoms with Crippen LogP contribution in [0.15, 0.2) is 71.9 Å². The van der Waals surface area contributed by atoms with Gasteiger partial charge in [0.2, 0.25) is 0 Å². The molecule has 0 unspecified atom stereocenters. The van der Waals surface area contributed by atoms with Crippen molar-refractivity contribution < 1.29 is 4.79 Å². The Balaban J connectivity index is 1.63. The second-order valence-electron chi connectivity index (χ2n) is 7.37. The summed E-state index contributed by atoms with van der Waals surface area (Å²) in [6.45, 7) is 4.25. The van der Waals surface area contributed by atoms with Gasteiger partial charge in [0.25, 0.3) is 11.5 Å². The first kappa shape index (κ1) is 18.7. The monoisotopic (exact) mass is 386 g/mol. The third-order valence-electron chi connectivity index (χ3n) is 4.77. The number of nitrogens with zero attached hydrogens (tertiary/aromatic N) is 2. The van der Waals surface area contributed by atoms with Gasteiger partial charge >= 0.3 is 0 Å².